The Balaban J connectivity index is 5.43. The topological polar surface area (TPSA) is 57.6 Å². The third-order valence-corrected chi connectivity index (χ3v) is 8.42. The van der Waals surface area contributed by atoms with Gasteiger partial charge in [-0.1, -0.05) is 137 Å². The van der Waals surface area contributed by atoms with Gasteiger partial charge in [0.25, 0.3) is 0 Å². The number of hydrogen-bond acceptors (Lipinski definition) is 2. The van der Waals surface area contributed by atoms with Crippen LogP contribution < -0.4 is 0 Å². The minimum absolute atomic E-state index is 0.0445. The van der Waals surface area contributed by atoms with Gasteiger partial charge in [0.1, 0.15) is 0 Å². The smallest absolute Gasteiger partial charge is 0.303 e. The van der Waals surface area contributed by atoms with Crippen molar-refractivity contribution in [3.8, 4) is 0 Å². The monoisotopic (exact) mass is 550 g/mol. The number of rotatable bonds is 28. The van der Waals surface area contributed by atoms with Crippen LogP contribution >= 0.6 is 0 Å². The molecule has 0 radical (unpaired) electrons. The first-order chi connectivity index (χ1) is 18.9. The van der Waals surface area contributed by atoms with Gasteiger partial charge in [-0.15, -0.1) is 0 Å². The molecule has 0 rings (SSSR count). The van der Waals surface area contributed by atoms with E-state index in [1.807, 2.05) is 0 Å². The van der Waals surface area contributed by atoms with Crippen LogP contribution in [0.15, 0.2) is 12.2 Å². The molecule has 230 valence electrons. The average molecular weight is 550 g/mol. The molecule has 0 aliphatic rings. The molecule has 4 nitrogen and oxygen atoms in total. The van der Waals surface area contributed by atoms with Crippen molar-refractivity contribution in [1.82, 2.24) is 4.90 Å². The van der Waals surface area contributed by atoms with Gasteiger partial charge in [-0.2, -0.15) is 0 Å². The zero-order valence-corrected chi connectivity index (χ0v) is 26.9. The zero-order valence-electron chi connectivity index (χ0n) is 26.9. The van der Waals surface area contributed by atoms with Gasteiger partial charge in [-0.25, -0.2) is 0 Å². The number of amides is 1. The van der Waals surface area contributed by atoms with E-state index < -0.39 is 5.97 Å². The molecule has 3 atom stereocenters. The number of carbonyl (C=O) groups excluding carboxylic acids is 1. The van der Waals surface area contributed by atoms with Gasteiger partial charge in [-0.05, 0) is 50.4 Å². The highest BCUT2D eigenvalue weighted by molar-refractivity contribution is 5.80. The normalized spacial score (nSPS) is 14.0. The number of carboxylic acids is 1. The third kappa shape index (κ3) is 21.1. The number of allylic oxidation sites excluding steroid dienone is 1. The number of carbonyl (C=O) groups is 2. The molecule has 3 unspecified atom stereocenters. The summed E-state index contributed by atoms with van der Waals surface area (Å²) in [5.74, 6) is 0.752. The maximum atomic E-state index is 14.1. The quantitative estimate of drug-likeness (QED) is 0.0780. The molecule has 0 aromatic rings. The molecule has 0 fully saturated rings. The molecule has 1 amide bonds. The van der Waals surface area contributed by atoms with Gasteiger partial charge in [0.2, 0.25) is 5.91 Å². The molecule has 0 aromatic heterocycles. The van der Waals surface area contributed by atoms with Crippen LogP contribution in [-0.2, 0) is 9.59 Å². The Labute approximate surface area is 243 Å². The van der Waals surface area contributed by atoms with Crippen LogP contribution in [-0.4, -0.2) is 35.0 Å². The van der Waals surface area contributed by atoms with Gasteiger partial charge in [0.05, 0.1) is 5.92 Å². The SMILES string of the molecule is CCCCCCCC/C=C\C(CCCCCCC(=O)O)C(=O)N(CC(CC)CCCC)CC(CC)CCCC. The third-order valence-electron chi connectivity index (χ3n) is 8.42. The lowest BCUT2D eigenvalue weighted by atomic mass is 9.93. The fourth-order valence-electron chi connectivity index (χ4n) is 5.55. The Bertz CT molecular complexity index is 585. The summed E-state index contributed by atoms with van der Waals surface area (Å²) in [5.41, 5.74) is 0. The van der Waals surface area contributed by atoms with Gasteiger partial charge in [-0.3, -0.25) is 9.59 Å². The van der Waals surface area contributed by atoms with Crippen LogP contribution in [0.3, 0.4) is 0 Å². The second-order valence-electron chi connectivity index (χ2n) is 12.0. The standard InChI is InChI=1S/C35H67NO3/c1-6-11-14-15-16-17-18-21-26-33(27-22-19-20-23-28-34(37)38)35(39)36(29-31(9-4)24-12-7-2)30-32(10-5)25-13-8-3/h21,26,31-33H,6-20,22-25,27-30H2,1-5H3,(H,37,38)/b26-21-. The lowest BCUT2D eigenvalue weighted by molar-refractivity contribution is -0.137. The summed E-state index contributed by atoms with van der Waals surface area (Å²) < 4.78 is 0. The van der Waals surface area contributed by atoms with Crippen LogP contribution in [0.1, 0.15) is 169 Å². The first kappa shape index (κ1) is 37.7. The lowest BCUT2D eigenvalue weighted by Gasteiger charge is -2.33. The average Bonchev–Trinajstić information content (AvgIpc) is 2.93. The molecule has 0 saturated heterocycles. The predicted octanol–water partition coefficient (Wildman–Crippen LogP) is 10.6. The fraction of sp³-hybridized carbons (Fsp3) is 0.886. The molecular formula is C35H67NO3. The van der Waals surface area contributed by atoms with Crippen LogP contribution in [0, 0.1) is 17.8 Å². The van der Waals surface area contributed by atoms with E-state index in [2.05, 4.69) is 51.7 Å². The van der Waals surface area contributed by atoms with Crippen molar-refractivity contribution in [2.75, 3.05) is 13.1 Å². The Morgan fingerprint density at radius 1 is 0.641 bits per heavy atom. The van der Waals surface area contributed by atoms with Crippen molar-refractivity contribution >= 4 is 11.9 Å². The number of nitrogens with zero attached hydrogens (tertiary/aromatic N) is 1. The molecule has 39 heavy (non-hydrogen) atoms. The highest BCUT2D eigenvalue weighted by Crippen LogP contribution is 2.23. The predicted molar refractivity (Wildman–Crippen MR) is 169 cm³/mol. The minimum Gasteiger partial charge on any atom is -0.481 e. The summed E-state index contributed by atoms with van der Waals surface area (Å²) in [6, 6.07) is 0. The Morgan fingerprint density at radius 2 is 1.15 bits per heavy atom. The second kappa shape index (κ2) is 26.9. The maximum absolute atomic E-state index is 14.1. The molecule has 0 spiro atoms. The number of carboxylic acid groups (broad SMARTS) is 1. The van der Waals surface area contributed by atoms with E-state index in [9.17, 15) is 9.59 Å². The summed E-state index contributed by atoms with van der Waals surface area (Å²) >= 11 is 0. The van der Waals surface area contributed by atoms with E-state index in [4.69, 9.17) is 5.11 Å². The van der Waals surface area contributed by atoms with Crippen molar-refractivity contribution < 1.29 is 14.7 Å². The number of unbranched alkanes of at least 4 members (excludes halogenated alkanes) is 11. The van der Waals surface area contributed by atoms with Crippen LogP contribution in [0.25, 0.3) is 0 Å². The highest BCUT2D eigenvalue weighted by atomic mass is 16.4. The van der Waals surface area contributed by atoms with Crippen LogP contribution in [0.2, 0.25) is 0 Å². The number of hydrogen-bond donors (Lipinski definition) is 1. The van der Waals surface area contributed by atoms with Crippen LogP contribution in [0.5, 0.6) is 0 Å². The summed E-state index contributed by atoms with van der Waals surface area (Å²) in [6.45, 7) is 13.1. The lowest BCUT2D eigenvalue weighted by Crippen LogP contribution is -2.42. The van der Waals surface area contributed by atoms with E-state index in [-0.39, 0.29) is 12.3 Å². The molecule has 0 aliphatic carbocycles. The van der Waals surface area contributed by atoms with E-state index in [0.717, 1.165) is 64.5 Å². The van der Waals surface area contributed by atoms with Gasteiger partial charge < -0.3 is 10.0 Å². The van der Waals surface area contributed by atoms with E-state index in [0.29, 0.717) is 17.7 Å². The summed E-state index contributed by atoms with van der Waals surface area (Å²) in [7, 11) is 0. The van der Waals surface area contributed by atoms with Gasteiger partial charge in [0, 0.05) is 19.5 Å². The molecule has 0 bridgehead atoms. The van der Waals surface area contributed by atoms with Crippen molar-refractivity contribution in [1.29, 1.82) is 0 Å². The van der Waals surface area contributed by atoms with E-state index >= 15 is 0 Å². The summed E-state index contributed by atoms with van der Waals surface area (Å²) in [4.78, 5) is 27.2. The Hall–Kier alpha value is -1.32. The van der Waals surface area contributed by atoms with Crippen molar-refractivity contribution in [3.05, 3.63) is 12.2 Å². The Morgan fingerprint density at radius 3 is 1.69 bits per heavy atom. The van der Waals surface area contributed by atoms with Crippen molar-refractivity contribution in [2.45, 2.75) is 169 Å². The first-order valence-corrected chi connectivity index (χ1v) is 17.1. The van der Waals surface area contributed by atoms with E-state index in [1.54, 1.807) is 0 Å². The Kier molecular flexibility index (Phi) is 26.0. The minimum atomic E-state index is -0.710. The largest absolute Gasteiger partial charge is 0.481 e. The van der Waals surface area contributed by atoms with E-state index in [1.165, 1.54) is 77.0 Å². The maximum Gasteiger partial charge on any atom is 0.303 e. The molecular weight excluding hydrogens is 482 g/mol. The second-order valence-corrected chi connectivity index (χ2v) is 12.0. The first-order valence-electron chi connectivity index (χ1n) is 17.1. The van der Waals surface area contributed by atoms with Crippen molar-refractivity contribution in [2.24, 2.45) is 17.8 Å². The zero-order chi connectivity index (χ0) is 29.1. The fourth-order valence-corrected chi connectivity index (χ4v) is 5.55. The highest BCUT2D eigenvalue weighted by Gasteiger charge is 2.26. The van der Waals surface area contributed by atoms with Gasteiger partial charge >= 0.3 is 5.97 Å². The van der Waals surface area contributed by atoms with Crippen molar-refractivity contribution in [3.63, 3.8) is 0 Å². The van der Waals surface area contributed by atoms with Crippen LogP contribution in [0.4, 0.5) is 0 Å². The molecule has 4 heteroatoms. The molecule has 0 heterocycles. The molecule has 1 N–H and O–H groups in total. The van der Waals surface area contributed by atoms with Gasteiger partial charge in [0.15, 0.2) is 0 Å². The molecule has 0 aromatic carbocycles. The molecule has 0 aliphatic heterocycles. The number of aliphatic carboxylic acids is 1. The summed E-state index contributed by atoms with van der Waals surface area (Å²) in [6.07, 6.45) is 27.8. The summed E-state index contributed by atoms with van der Waals surface area (Å²) in [5, 5.41) is 8.93. The molecule has 0 saturated carbocycles.